The molecule has 0 saturated heterocycles. The number of anilines is 2. The molecule has 3 aliphatic rings. The Hall–Kier alpha value is -4.88. The molecule has 0 radical (unpaired) electrons. The molecule has 3 aliphatic carbocycles. The molecular weight excluding hydrogens is 506 g/mol. The topological polar surface area (TPSA) is 3.24 Å². The molecule has 6 aromatic rings. The van der Waals surface area contributed by atoms with Gasteiger partial charge in [0.1, 0.15) is 0 Å². The van der Waals surface area contributed by atoms with Crippen LogP contribution in [0, 0.1) is 0 Å². The van der Waals surface area contributed by atoms with E-state index in [0.717, 1.165) is 0 Å². The van der Waals surface area contributed by atoms with Gasteiger partial charge in [0.05, 0.1) is 5.41 Å². The SMILES string of the molecule is CN(c1ccc2c(c1)-c1ccccc1C2(C)C)c1ccc2c(c1)C1(c3ccccc3-c3ccccc31)c1ccccc1-2. The highest BCUT2D eigenvalue weighted by molar-refractivity contribution is 5.96. The fourth-order valence-corrected chi connectivity index (χ4v) is 8.36. The van der Waals surface area contributed by atoms with Gasteiger partial charge in [0.25, 0.3) is 0 Å². The molecule has 0 N–H and O–H groups in total. The van der Waals surface area contributed by atoms with E-state index in [9.17, 15) is 0 Å². The summed E-state index contributed by atoms with van der Waals surface area (Å²) in [6.07, 6.45) is 0. The van der Waals surface area contributed by atoms with Crippen molar-refractivity contribution in [3.05, 3.63) is 167 Å². The predicted octanol–water partition coefficient (Wildman–Crippen LogP) is 10.1. The van der Waals surface area contributed by atoms with E-state index in [1.807, 2.05) is 0 Å². The Morgan fingerprint density at radius 3 is 1.36 bits per heavy atom. The van der Waals surface area contributed by atoms with Crippen molar-refractivity contribution < 1.29 is 0 Å². The summed E-state index contributed by atoms with van der Waals surface area (Å²) < 4.78 is 0. The predicted molar refractivity (Wildman–Crippen MR) is 175 cm³/mol. The molecule has 0 saturated carbocycles. The van der Waals surface area contributed by atoms with E-state index in [1.165, 1.54) is 78.1 Å². The molecule has 0 bridgehead atoms. The van der Waals surface area contributed by atoms with E-state index < -0.39 is 0 Å². The lowest BCUT2D eigenvalue weighted by Crippen LogP contribution is -2.26. The fourth-order valence-electron chi connectivity index (χ4n) is 8.36. The van der Waals surface area contributed by atoms with E-state index in [-0.39, 0.29) is 10.8 Å². The van der Waals surface area contributed by atoms with Gasteiger partial charge >= 0.3 is 0 Å². The number of nitrogens with zero attached hydrogens (tertiary/aromatic N) is 1. The van der Waals surface area contributed by atoms with Gasteiger partial charge in [0, 0.05) is 23.8 Å². The highest BCUT2D eigenvalue weighted by Gasteiger charge is 2.51. The lowest BCUT2D eigenvalue weighted by molar-refractivity contribution is 0.660. The largest absolute Gasteiger partial charge is 0.345 e. The van der Waals surface area contributed by atoms with Crippen LogP contribution in [-0.4, -0.2) is 7.05 Å². The highest BCUT2D eigenvalue weighted by atomic mass is 15.1. The number of benzene rings is 6. The van der Waals surface area contributed by atoms with Gasteiger partial charge in [-0.1, -0.05) is 123 Å². The molecule has 0 atom stereocenters. The van der Waals surface area contributed by atoms with Gasteiger partial charge in [-0.25, -0.2) is 0 Å². The van der Waals surface area contributed by atoms with Crippen molar-refractivity contribution in [2.75, 3.05) is 11.9 Å². The van der Waals surface area contributed by atoms with Crippen LogP contribution < -0.4 is 4.90 Å². The second-order valence-corrected chi connectivity index (χ2v) is 12.6. The average Bonchev–Trinajstić information content (AvgIpc) is 3.59. The first kappa shape index (κ1) is 23.8. The Bertz CT molecular complexity index is 2030. The van der Waals surface area contributed by atoms with E-state index >= 15 is 0 Å². The van der Waals surface area contributed by atoms with E-state index in [4.69, 9.17) is 0 Å². The Labute approximate surface area is 247 Å². The zero-order valence-electron chi connectivity index (χ0n) is 24.1. The second kappa shape index (κ2) is 8.11. The maximum atomic E-state index is 2.46. The van der Waals surface area contributed by atoms with Crippen molar-refractivity contribution in [1.29, 1.82) is 0 Å². The van der Waals surface area contributed by atoms with E-state index in [0.29, 0.717) is 0 Å². The van der Waals surface area contributed by atoms with Gasteiger partial charge in [-0.3, -0.25) is 0 Å². The van der Waals surface area contributed by atoms with Crippen molar-refractivity contribution >= 4 is 11.4 Å². The minimum Gasteiger partial charge on any atom is -0.345 e. The van der Waals surface area contributed by atoms with Crippen molar-refractivity contribution in [3.63, 3.8) is 0 Å². The first-order chi connectivity index (χ1) is 20.5. The summed E-state index contributed by atoms with van der Waals surface area (Å²) in [7, 11) is 2.21. The normalized spacial score (nSPS) is 15.4. The van der Waals surface area contributed by atoms with Gasteiger partial charge in [0.15, 0.2) is 0 Å². The summed E-state index contributed by atoms with van der Waals surface area (Å²) >= 11 is 0. The summed E-state index contributed by atoms with van der Waals surface area (Å²) in [5, 5.41) is 0. The third-order valence-electron chi connectivity index (χ3n) is 10.3. The van der Waals surface area contributed by atoms with Crippen molar-refractivity contribution in [1.82, 2.24) is 0 Å². The van der Waals surface area contributed by atoms with Crippen LogP contribution in [0.2, 0.25) is 0 Å². The maximum absolute atomic E-state index is 2.46. The Balaban J connectivity index is 1.25. The molecule has 0 aliphatic heterocycles. The van der Waals surface area contributed by atoms with Crippen molar-refractivity contribution in [3.8, 4) is 33.4 Å². The quantitative estimate of drug-likeness (QED) is 0.212. The molecule has 1 heteroatoms. The molecule has 42 heavy (non-hydrogen) atoms. The minimum absolute atomic E-state index is 0.0119. The molecule has 0 aromatic heterocycles. The van der Waals surface area contributed by atoms with Crippen LogP contribution in [0.25, 0.3) is 33.4 Å². The Morgan fingerprint density at radius 1 is 0.381 bits per heavy atom. The lowest BCUT2D eigenvalue weighted by atomic mass is 9.70. The monoisotopic (exact) mass is 537 g/mol. The molecule has 0 fully saturated rings. The van der Waals surface area contributed by atoms with Gasteiger partial charge in [-0.05, 0) is 91.0 Å². The summed E-state index contributed by atoms with van der Waals surface area (Å²) in [5.74, 6) is 0. The molecule has 9 rings (SSSR count). The average molecular weight is 538 g/mol. The fraction of sp³-hybridized carbons (Fsp3) is 0.122. The second-order valence-electron chi connectivity index (χ2n) is 12.6. The van der Waals surface area contributed by atoms with Crippen LogP contribution in [0.3, 0.4) is 0 Å². The van der Waals surface area contributed by atoms with Gasteiger partial charge in [0.2, 0.25) is 0 Å². The molecule has 6 aromatic carbocycles. The summed E-state index contributed by atoms with van der Waals surface area (Å²) in [6.45, 7) is 4.69. The lowest BCUT2D eigenvalue weighted by Gasteiger charge is -2.31. The Kier molecular flexibility index (Phi) is 4.59. The maximum Gasteiger partial charge on any atom is 0.0726 e. The molecule has 0 unspecified atom stereocenters. The van der Waals surface area contributed by atoms with Gasteiger partial charge < -0.3 is 4.90 Å². The summed E-state index contributed by atoms with van der Waals surface area (Å²) in [6, 6.07) is 50.1. The number of rotatable bonds is 2. The van der Waals surface area contributed by atoms with Crippen LogP contribution in [0.4, 0.5) is 11.4 Å². The van der Waals surface area contributed by atoms with Crippen molar-refractivity contribution in [2.24, 2.45) is 0 Å². The first-order valence-electron chi connectivity index (χ1n) is 14.9. The van der Waals surface area contributed by atoms with Crippen LogP contribution in [0.1, 0.15) is 47.2 Å². The number of hydrogen-bond acceptors (Lipinski definition) is 1. The first-order valence-corrected chi connectivity index (χ1v) is 14.9. The van der Waals surface area contributed by atoms with E-state index in [1.54, 1.807) is 0 Å². The van der Waals surface area contributed by atoms with Crippen LogP contribution in [0.15, 0.2) is 133 Å². The molecule has 0 heterocycles. The van der Waals surface area contributed by atoms with Crippen LogP contribution in [-0.2, 0) is 10.8 Å². The zero-order chi connectivity index (χ0) is 28.2. The highest BCUT2D eigenvalue weighted by Crippen LogP contribution is 2.63. The van der Waals surface area contributed by atoms with E-state index in [2.05, 4.69) is 159 Å². The Morgan fingerprint density at radius 2 is 0.786 bits per heavy atom. The smallest absolute Gasteiger partial charge is 0.0726 e. The minimum atomic E-state index is -0.323. The van der Waals surface area contributed by atoms with Crippen LogP contribution in [0.5, 0.6) is 0 Å². The third kappa shape index (κ3) is 2.79. The summed E-state index contributed by atoms with van der Waals surface area (Å²) in [5.41, 5.74) is 18.5. The standard InChI is InChI=1S/C41H31N/c1-40(2)34-16-8-4-15-31(34)33-24-26(21-23-35(33)40)42(3)27-20-22-32-30-14-7-11-19-38(30)41(39(32)25-27)36-17-9-5-12-28(36)29-13-6-10-18-37(29)41/h4-25H,1-3H3. The van der Waals surface area contributed by atoms with Crippen LogP contribution >= 0.6 is 0 Å². The molecule has 1 nitrogen and oxygen atoms in total. The molecular formula is C41H31N. The number of fused-ring (bicyclic) bond motifs is 13. The summed E-state index contributed by atoms with van der Waals surface area (Å²) in [4.78, 5) is 2.36. The molecule has 0 amide bonds. The molecule has 1 spiro atoms. The zero-order valence-corrected chi connectivity index (χ0v) is 24.1. The number of hydrogen-bond donors (Lipinski definition) is 0. The molecule has 200 valence electrons. The van der Waals surface area contributed by atoms with Crippen molar-refractivity contribution in [2.45, 2.75) is 24.7 Å². The third-order valence-corrected chi connectivity index (χ3v) is 10.3. The van der Waals surface area contributed by atoms with Gasteiger partial charge in [-0.15, -0.1) is 0 Å². The van der Waals surface area contributed by atoms with Gasteiger partial charge in [-0.2, -0.15) is 0 Å².